The van der Waals surface area contributed by atoms with Crippen molar-refractivity contribution in [2.75, 3.05) is 6.54 Å². The van der Waals surface area contributed by atoms with Gasteiger partial charge in [-0.05, 0) is 24.3 Å². The zero-order chi connectivity index (χ0) is 14.8. The van der Waals surface area contributed by atoms with Crippen molar-refractivity contribution in [3.8, 4) is 0 Å². The molecule has 0 radical (unpaired) electrons. The van der Waals surface area contributed by atoms with E-state index in [9.17, 15) is 9.59 Å². The van der Waals surface area contributed by atoms with E-state index in [-0.39, 0.29) is 18.4 Å². The summed E-state index contributed by atoms with van der Waals surface area (Å²) in [6.07, 6.45) is 2.15. The topological polar surface area (TPSA) is 49.4 Å². The molecule has 20 heavy (non-hydrogen) atoms. The zero-order valence-electron chi connectivity index (χ0n) is 12.3. The monoisotopic (exact) mass is 294 g/mol. The minimum absolute atomic E-state index is 0.0125. The van der Waals surface area contributed by atoms with Crippen LogP contribution in [0.25, 0.3) is 0 Å². The maximum atomic E-state index is 12.3. The van der Waals surface area contributed by atoms with Crippen molar-refractivity contribution in [2.24, 2.45) is 5.41 Å². The molecule has 1 aliphatic carbocycles. The Morgan fingerprint density at radius 2 is 2.10 bits per heavy atom. The number of amides is 2. The van der Waals surface area contributed by atoms with Crippen LogP contribution in [0.1, 0.15) is 38.5 Å². The fourth-order valence-corrected chi connectivity index (χ4v) is 2.60. The largest absolute Gasteiger partial charge is 0.347 e. The van der Waals surface area contributed by atoms with Gasteiger partial charge in [0.05, 0.1) is 13.1 Å². The lowest BCUT2D eigenvalue weighted by Crippen LogP contribution is -2.44. The highest BCUT2D eigenvalue weighted by molar-refractivity contribution is 7.09. The quantitative estimate of drug-likeness (QED) is 0.906. The van der Waals surface area contributed by atoms with Gasteiger partial charge >= 0.3 is 0 Å². The molecule has 1 aromatic heterocycles. The number of carbonyl (C=O) groups excluding carboxylic acids is 2. The number of carbonyl (C=O) groups is 2. The molecule has 0 saturated heterocycles. The maximum absolute atomic E-state index is 12.3. The van der Waals surface area contributed by atoms with Crippen molar-refractivity contribution in [1.82, 2.24) is 10.2 Å². The average molecular weight is 294 g/mol. The summed E-state index contributed by atoms with van der Waals surface area (Å²) in [4.78, 5) is 27.2. The summed E-state index contributed by atoms with van der Waals surface area (Å²) < 4.78 is 0. The molecule has 1 fully saturated rings. The molecule has 0 aromatic carbocycles. The Labute approximate surface area is 124 Å². The highest BCUT2D eigenvalue weighted by Crippen LogP contribution is 2.29. The predicted octanol–water partition coefficient (Wildman–Crippen LogP) is 2.40. The molecule has 2 rings (SSSR count). The van der Waals surface area contributed by atoms with Gasteiger partial charge in [0.25, 0.3) is 0 Å². The van der Waals surface area contributed by atoms with E-state index in [4.69, 9.17) is 0 Å². The normalized spacial score (nSPS) is 14.9. The molecule has 5 heteroatoms. The van der Waals surface area contributed by atoms with Crippen LogP contribution in [0.15, 0.2) is 17.5 Å². The first-order valence-electron chi connectivity index (χ1n) is 6.98. The smallest absolute Gasteiger partial charge is 0.242 e. The van der Waals surface area contributed by atoms with Gasteiger partial charge in [0.1, 0.15) is 0 Å². The molecule has 1 N–H and O–H groups in total. The lowest BCUT2D eigenvalue weighted by Gasteiger charge is -2.23. The summed E-state index contributed by atoms with van der Waals surface area (Å²) >= 11 is 1.66. The van der Waals surface area contributed by atoms with Gasteiger partial charge in [0.2, 0.25) is 11.8 Å². The van der Waals surface area contributed by atoms with Crippen LogP contribution in [0.5, 0.6) is 0 Å². The molecule has 1 saturated carbocycles. The van der Waals surface area contributed by atoms with Gasteiger partial charge in [-0.25, -0.2) is 0 Å². The van der Waals surface area contributed by atoms with Gasteiger partial charge in [-0.3, -0.25) is 9.59 Å². The van der Waals surface area contributed by atoms with Crippen LogP contribution in [0.2, 0.25) is 0 Å². The molecule has 0 bridgehead atoms. The van der Waals surface area contributed by atoms with Crippen molar-refractivity contribution in [2.45, 2.75) is 46.2 Å². The Bertz CT molecular complexity index is 473. The molecule has 4 nitrogen and oxygen atoms in total. The van der Waals surface area contributed by atoms with Crippen molar-refractivity contribution < 1.29 is 9.59 Å². The summed E-state index contributed by atoms with van der Waals surface area (Å²) in [6, 6.07) is 4.40. The average Bonchev–Trinajstić information content (AvgIpc) is 3.08. The summed E-state index contributed by atoms with van der Waals surface area (Å²) in [5.74, 6) is -0.0729. The lowest BCUT2D eigenvalue weighted by molar-refractivity contribution is -0.136. The van der Waals surface area contributed by atoms with E-state index in [1.165, 1.54) is 4.88 Å². The molecule has 2 amide bonds. The Morgan fingerprint density at radius 3 is 2.60 bits per heavy atom. The number of hydrogen-bond acceptors (Lipinski definition) is 3. The van der Waals surface area contributed by atoms with E-state index in [1.807, 2.05) is 43.2 Å². The van der Waals surface area contributed by atoms with Crippen LogP contribution in [-0.4, -0.2) is 29.3 Å². The van der Waals surface area contributed by atoms with Crippen LogP contribution in [0.4, 0.5) is 0 Å². The second-order valence-electron chi connectivity index (χ2n) is 6.26. The number of thiophene rings is 1. The minimum Gasteiger partial charge on any atom is -0.347 e. The third-order valence-corrected chi connectivity index (χ3v) is 4.16. The molecule has 0 atom stereocenters. The predicted molar refractivity (Wildman–Crippen MR) is 80.4 cm³/mol. The molecule has 0 aliphatic heterocycles. The Morgan fingerprint density at radius 1 is 1.40 bits per heavy atom. The first-order valence-corrected chi connectivity index (χ1v) is 7.86. The van der Waals surface area contributed by atoms with Gasteiger partial charge in [-0.1, -0.05) is 26.8 Å². The van der Waals surface area contributed by atoms with Crippen LogP contribution in [0, 0.1) is 5.41 Å². The highest BCUT2D eigenvalue weighted by Gasteiger charge is 2.33. The van der Waals surface area contributed by atoms with Gasteiger partial charge in [0.15, 0.2) is 0 Å². The van der Waals surface area contributed by atoms with E-state index in [0.717, 1.165) is 12.8 Å². The van der Waals surface area contributed by atoms with E-state index < -0.39 is 5.41 Å². The molecule has 1 aromatic rings. The Hall–Kier alpha value is -1.36. The van der Waals surface area contributed by atoms with Gasteiger partial charge < -0.3 is 10.2 Å². The second-order valence-corrected chi connectivity index (χ2v) is 7.30. The van der Waals surface area contributed by atoms with Crippen LogP contribution < -0.4 is 5.32 Å². The first kappa shape index (κ1) is 15.0. The summed E-state index contributed by atoms with van der Waals surface area (Å²) in [6.45, 7) is 6.29. The fraction of sp³-hybridized carbons (Fsp3) is 0.600. The molecular formula is C15H22N2O2S. The summed E-state index contributed by atoms with van der Waals surface area (Å²) in [5.41, 5.74) is -0.460. The third-order valence-electron chi connectivity index (χ3n) is 3.30. The Kier molecular flexibility index (Phi) is 4.48. The van der Waals surface area contributed by atoms with Gasteiger partial charge in [-0.2, -0.15) is 0 Å². The van der Waals surface area contributed by atoms with Crippen molar-refractivity contribution in [1.29, 1.82) is 0 Å². The van der Waals surface area contributed by atoms with Crippen LogP contribution in [-0.2, 0) is 16.1 Å². The van der Waals surface area contributed by atoms with Crippen molar-refractivity contribution >= 4 is 23.2 Å². The standard InChI is InChI=1S/C15H22N2O2S/c1-15(2,3)14(19)16-9-13(18)17(11-6-7-11)10-12-5-4-8-20-12/h4-5,8,11H,6-7,9-10H2,1-3H3,(H,16,19). The molecule has 0 unspecified atom stereocenters. The SMILES string of the molecule is CC(C)(C)C(=O)NCC(=O)N(Cc1cccs1)C1CC1. The fourth-order valence-electron chi connectivity index (χ4n) is 1.90. The minimum atomic E-state index is -0.460. The van der Waals surface area contributed by atoms with E-state index in [0.29, 0.717) is 12.6 Å². The molecule has 1 heterocycles. The maximum Gasteiger partial charge on any atom is 0.242 e. The van der Waals surface area contributed by atoms with Gasteiger partial charge in [0, 0.05) is 16.3 Å². The number of nitrogens with one attached hydrogen (secondary N) is 1. The van der Waals surface area contributed by atoms with Gasteiger partial charge in [-0.15, -0.1) is 11.3 Å². The molecule has 0 spiro atoms. The van der Waals surface area contributed by atoms with E-state index in [2.05, 4.69) is 5.32 Å². The number of rotatable bonds is 5. The Balaban J connectivity index is 1.89. The van der Waals surface area contributed by atoms with E-state index >= 15 is 0 Å². The molecule has 1 aliphatic rings. The zero-order valence-corrected chi connectivity index (χ0v) is 13.1. The van der Waals surface area contributed by atoms with Crippen molar-refractivity contribution in [3.05, 3.63) is 22.4 Å². The number of hydrogen-bond donors (Lipinski definition) is 1. The van der Waals surface area contributed by atoms with Crippen LogP contribution >= 0.6 is 11.3 Å². The lowest BCUT2D eigenvalue weighted by atomic mass is 9.96. The first-order chi connectivity index (χ1) is 9.38. The molecular weight excluding hydrogens is 272 g/mol. The van der Waals surface area contributed by atoms with Crippen LogP contribution in [0.3, 0.4) is 0 Å². The summed E-state index contributed by atoms with van der Waals surface area (Å²) in [5, 5.41) is 4.76. The molecule has 110 valence electrons. The summed E-state index contributed by atoms with van der Waals surface area (Å²) in [7, 11) is 0. The third kappa shape index (κ3) is 4.07. The number of nitrogens with zero attached hydrogens (tertiary/aromatic N) is 1. The van der Waals surface area contributed by atoms with Crippen molar-refractivity contribution in [3.63, 3.8) is 0 Å². The second kappa shape index (κ2) is 5.95. The highest BCUT2D eigenvalue weighted by atomic mass is 32.1. The van der Waals surface area contributed by atoms with E-state index in [1.54, 1.807) is 11.3 Å².